The van der Waals surface area contributed by atoms with Crippen molar-refractivity contribution >= 4 is 24.5 Å². The van der Waals surface area contributed by atoms with Crippen LogP contribution < -0.4 is 11.2 Å². The third-order valence-corrected chi connectivity index (χ3v) is 1.67. The standard InChI is InChI=1S/C7H8BFN2O2/c9-5-1-2-6(11)4(3-10)7(5)8(12)13/h1-3,10,12-13H,11H2. The minimum absolute atomic E-state index is 0.00463. The zero-order valence-electron chi connectivity index (χ0n) is 6.66. The summed E-state index contributed by atoms with van der Waals surface area (Å²) in [6.45, 7) is 0. The van der Waals surface area contributed by atoms with Crippen molar-refractivity contribution in [2.24, 2.45) is 0 Å². The van der Waals surface area contributed by atoms with Crippen LogP contribution in [-0.4, -0.2) is 23.4 Å². The Bertz CT molecular complexity index is 344. The predicted octanol–water partition coefficient (Wildman–Crippen LogP) is -0.915. The van der Waals surface area contributed by atoms with E-state index in [-0.39, 0.29) is 16.7 Å². The first kappa shape index (κ1) is 9.69. The van der Waals surface area contributed by atoms with Crippen LogP contribution in [0.1, 0.15) is 5.56 Å². The summed E-state index contributed by atoms with van der Waals surface area (Å²) in [5.74, 6) is -0.789. The molecule has 0 heterocycles. The van der Waals surface area contributed by atoms with E-state index >= 15 is 0 Å². The van der Waals surface area contributed by atoms with Crippen molar-refractivity contribution in [3.63, 3.8) is 0 Å². The van der Waals surface area contributed by atoms with E-state index in [2.05, 4.69) is 0 Å². The van der Waals surface area contributed by atoms with E-state index in [9.17, 15) is 4.39 Å². The van der Waals surface area contributed by atoms with Gasteiger partial charge in [-0.05, 0) is 12.1 Å². The van der Waals surface area contributed by atoms with Gasteiger partial charge in [0, 0.05) is 22.9 Å². The molecule has 13 heavy (non-hydrogen) atoms. The van der Waals surface area contributed by atoms with Crippen LogP contribution in [0.2, 0.25) is 0 Å². The molecule has 0 saturated carbocycles. The molecule has 5 N–H and O–H groups in total. The zero-order chi connectivity index (χ0) is 10.0. The van der Waals surface area contributed by atoms with E-state index in [0.717, 1.165) is 12.3 Å². The highest BCUT2D eigenvalue weighted by atomic mass is 19.1. The third-order valence-electron chi connectivity index (χ3n) is 1.67. The lowest BCUT2D eigenvalue weighted by molar-refractivity contribution is 0.423. The van der Waals surface area contributed by atoms with Gasteiger partial charge >= 0.3 is 7.12 Å². The maximum absolute atomic E-state index is 13.0. The first-order valence-corrected chi connectivity index (χ1v) is 3.52. The van der Waals surface area contributed by atoms with Crippen molar-refractivity contribution in [1.29, 1.82) is 5.41 Å². The van der Waals surface area contributed by atoms with Gasteiger partial charge in [0.05, 0.1) is 0 Å². The molecule has 68 valence electrons. The number of nitrogens with one attached hydrogen (secondary N) is 1. The normalized spacial score (nSPS) is 9.77. The summed E-state index contributed by atoms with van der Waals surface area (Å²) in [6, 6.07) is 2.29. The zero-order valence-corrected chi connectivity index (χ0v) is 6.66. The molecule has 0 saturated heterocycles. The summed E-state index contributed by atoms with van der Waals surface area (Å²) in [5, 5.41) is 24.5. The van der Waals surface area contributed by atoms with Crippen molar-refractivity contribution < 1.29 is 14.4 Å². The average Bonchev–Trinajstić information content (AvgIpc) is 2.07. The number of rotatable bonds is 2. The Morgan fingerprint density at radius 2 is 2.08 bits per heavy atom. The van der Waals surface area contributed by atoms with Crippen LogP contribution in [0, 0.1) is 11.2 Å². The van der Waals surface area contributed by atoms with E-state index in [4.69, 9.17) is 21.2 Å². The van der Waals surface area contributed by atoms with Crippen molar-refractivity contribution in [2.45, 2.75) is 0 Å². The highest BCUT2D eigenvalue weighted by molar-refractivity contribution is 6.60. The van der Waals surface area contributed by atoms with Crippen molar-refractivity contribution in [3.8, 4) is 0 Å². The van der Waals surface area contributed by atoms with Crippen LogP contribution in [0.3, 0.4) is 0 Å². The molecule has 0 atom stereocenters. The number of halogens is 1. The molecule has 0 amide bonds. The van der Waals surface area contributed by atoms with Crippen LogP contribution in [0.15, 0.2) is 12.1 Å². The highest BCUT2D eigenvalue weighted by Gasteiger charge is 2.21. The Labute approximate surface area is 74.5 Å². The molecule has 0 aromatic heterocycles. The van der Waals surface area contributed by atoms with E-state index in [0.29, 0.717) is 0 Å². The molecule has 0 fully saturated rings. The lowest BCUT2D eigenvalue weighted by Gasteiger charge is -2.07. The van der Waals surface area contributed by atoms with Gasteiger partial charge in [0.1, 0.15) is 5.82 Å². The molecule has 1 aromatic carbocycles. The van der Waals surface area contributed by atoms with Gasteiger partial charge in [-0.15, -0.1) is 0 Å². The molecule has 1 rings (SSSR count). The van der Waals surface area contributed by atoms with E-state index < -0.39 is 12.9 Å². The Balaban J connectivity index is 3.43. The van der Waals surface area contributed by atoms with E-state index in [1.807, 2.05) is 0 Å². The quantitative estimate of drug-likeness (QED) is 0.271. The van der Waals surface area contributed by atoms with Gasteiger partial charge in [-0.25, -0.2) is 4.39 Å². The predicted molar refractivity (Wildman–Crippen MR) is 48.5 cm³/mol. The van der Waals surface area contributed by atoms with Gasteiger partial charge in [0.25, 0.3) is 0 Å². The monoisotopic (exact) mass is 182 g/mol. The van der Waals surface area contributed by atoms with Gasteiger partial charge < -0.3 is 21.2 Å². The van der Waals surface area contributed by atoms with Crippen LogP contribution in [-0.2, 0) is 0 Å². The Morgan fingerprint density at radius 3 is 2.46 bits per heavy atom. The van der Waals surface area contributed by atoms with Gasteiger partial charge in [-0.1, -0.05) is 0 Å². The van der Waals surface area contributed by atoms with Crippen LogP contribution in [0.4, 0.5) is 10.1 Å². The molecule has 0 aliphatic carbocycles. The van der Waals surface area contributed by atoms with Crippen molar-refractivity contribution in [1.82, 2.24) is 0 Å². The molecule has 0 unspecified atom stereocenters. The summed E-state index contributed by atoms with van der Waals surface area (Å²) < 4.78 is 13.0. The molecule has 0 radical (unpaired) electrons. The molecule has 4 nitrogen and oxygen atoms in total. The number of hydrogen-bond acceptors (Lipinski definition) is 4. The largest absolute Gasteiger partial charge is 0.492 e. The fraction of sp³-hybridized carbons (Fsp3) is 0. The molecule has 1 aromatic rings. The Kier molecular flexibility index (Phi) is 2.65. The molecule has 6 heteroatoms. The van der Waals surface area contributed by atoms with E-state index in [1.165, 1.54) is 6.07 Å². The molecule has 0 aliphatic heterocycles. The fourth-order valence-corrected chi connectivity index (χ4v) is 1.05. The number of nitrogens with two attached hydrogens (primary N) is 1. The lowest BCUT2D eigenvalue weighted by Crippen LogP contribution is -2.36. The lowest BCUT2D eigenvalue weighted by atomic mass is 9.76. The Hall–Kier alpha value is -1.40. The topological polar surface area (TPSA) is 90.3 Å². The summed E-state index contributed by atoms with van der Waals surface area (Å²) in [5.41, 5.74) is 5.17. The summed E-state index contributed by atoms with van der Waals surface area (Å²) in [7, 11) is -1.96. The second-order valence-electron chi connectivity index (χ2n) is 2.48. The number of anilines is 1. The van der Waals surface area contributed by atoms with Crippen LogP contribution in [0.5, 0.6) is 0 Å². The second kappa shape index (κ2) is 3.55. The summed E-state index contributed by atoms with van der Waals surface area (Å²) >= 11 is 0. The molecule has 0 aliphatic rings. The number of benzene rings is 1. The maximum Gasteiger partial charge on any atom is 0.492 e. The van der Waals surface area contributed by atoms with Crippen molar-refractivity contribution in [2.75, 3.05) is 5.73 Å². The first-order chi connectivity index (χ1) is 6.07. The van der Waals surface area contributed by atoms with Gasteiger partial charge in [-0.3, -0.25) is 0 Å². The number of nitrogen functional groups attached to an aromatic ring is 1. The molecule has 0 bridgehead atoms. The molecule has 0 spiro atoms. The molecular weight excluding hydrogens is 174 g/mol. The highest BCUT2D eigenvalue weighted by Crippen LogP contribution is 2.09. The average molecular weight is 182 g/mol. The summed E-state index contributed by atoms with van der Waals surface area (Å²) in [6.07, 6.45) is 0.785. The number of hydrogen-bond donors (Lipinski definition) is 4. The second-order valence-corrected chi connectivity index (χ2v) is 2.48. The van der Waals surface area contributed by atoms with Crippen LogP contribution in [0.25, 0.3) is 0 Å². The third kappa shape index (κ3) is 1.68. The van der Waals surface area contributed by atoms with E-state index in [1.54, 1.807) is 0 Å². The van der Waals surface area contributed by atoms with Crippen LogP contribution >= 0.6 is 0 Å². The van der Waals surface area contributed by atoms with Gasteiger partial charge in [0.2, 0.25) is 0 Å². The SMILES string of the molecule is N=Cc1c(N)ccc(F)c1B(O)O. The first-order valence-electron chi connectivity index (χ1n) is 3.52. The van der Waals surface area contributed by atoms with Crippen molar-refractivity contribution in [3.05, 3.63) is 23.5 Å². The van der Waals surface area contributed by atoms with Gasteiger partial charge in [0.15, 0.2) is 0 Å². The Morgan fingerprint density at radius 1 is 1.46 bits per heavy atom. The molecular formula is C7H8BFN2O2. The maximum atomic E-state index is 13.0. The minimum Gasteiger partial charge on any atom is -0.423 e. The smallest absolute Gasteiger partial charge is 0.423 e. The minimum atomic E-state index is -1.96. The van der Waals surface area contributed by atoms with Gasteiger partial charge in [-0.2, -0.15) is 0 Å². The fourth-order valence-electron chi connectivity index (χ4n) is 1.05. The summed E-state index contributed by atoms with van der Waals surface area (Å²) in [4.78, 5) is 0.